The molecule has 7 nitrogen and oxygen atoms in total. The Labute approximate surface area is 184 Å². The first kappa shape index (κ1) is 25.9. The molecule has 156 valence electrons. The third-order valence-electron chi connectivity index (χ3n) is 3.58. The summed E-state index contributed by atoms with van der Waals surface area (Å²) in [7, 11) is 1.77. The van der Waals surface area contributed by atoms with Gasteiger partial charge in [-0.05, 0) is 48.0 Å². The van der Waals surface area contributed by atoms with Gasteiger partial charge in [0, 0.05) is 37.3 Å². The van der Waals surface area contributed by atoms with Gasteiger partial charge in [0.25, 0.3) is 0 Å². The smallest absolute Gasteiger partial charge is 0.410 e. The average molecular weight is 511 g/mol. The summed E-state index contributed by atoms with van der Waals surface area (Å²) in [6.45, 7) is 13.7. The highest BCUT2D eigenvalue weighted by atomic mass is 127. The number of halogens is 1. The molecule has 1 amide bonds. The molecule has 9 heteroatoms. The van der Waals surface area contributed by atoms with Crippen molar-refractivity contribution < 1.29 is 9.53 Å². The number of amides is 1. The van der Waals surface area contributed by atoms with Crippen LogP contribution in [0.2, 0.25) is 0 Å². The largest absolute Gasteiger partial charge is 0.444 e. The van der Waals surface area contributed by atoms with Crippen molar-refractivity contribution in [2.45, 2.75) is 66.2 Å². The molecule has 0 aromatic carbocycles. The summed E-state index contributed by atoms with van der Waals surface area (Å²) in [6, 6.07) is 0.0573. The van der Waals surface area contributed by atoms with Crippen molar-refractivity contribution in [1.82, 2.24) is 20.5 Å². The Balaban J connectivity index is 0.00000676. The van der Waals surface area contributed by atoms with Gasteiger partial charge in [0.15, 0.2) is 5.96 Å². The van der Waals surface area contributed by atoms with Gasteiger partial charge in [-0.1, -0.05) is 0 Å². The van der Waals surface area contributed by atoms with E-state index < -0.39 is 5.60 Å². The van der Waals surface area contributed by atoms with E-state index >= 15 is 0 Å². The Morgan fingerprint density at radius 2 is 2.07 bits per heavy atom. The quantitative estimate of drug-likeness (QED) is 0.331. The summed E-state index contributed by atoms with van der Waals surface area (Å²) in [5.41, 5.74) is -0.484. The fraction of sp³-hybridized carbons (Fsp3) is 0.722. The predicted molar refractivity (Wildman–Crippen MR) is 123 cm³/mol. The molecular weight excluding hydrogens is 477 g/mol. The number of carbonyl (C=O) groups is 1. The maximum Gasteiger partial charge on any atom is 0.410 e. The number of aromatic nitrogens is 1. The van der Waals surface area contributed by atoms with E-state index in [2.05, 4.69) is 20.6 Å². The second kappa shape index (κ2) is 12.4. The van der Waals surface area contributed by atoms with Crippen LogP contribution in [0, 0.1) is 6.92 Å². The summed E-state index contributed by atoms with van der Waals surface area (Å²) in [5.74, 6) is 0.757. The van der Waals surface area contributed by atoms with Gasteiger partial charge >= 0.3 is 6.09 Å². The van der Waals surface area contributed by atoms with Crippen LogP contribution in [0.25, 0.3) is 0 Å². The number of nitrogens with one attached hydrogen (secondary N) is 2. The maximum absolute atomic E-state index is 12.1. The van der Waals surface area contributed by atoms with E-state index in [1.807, 2.05) is 47.7 Å². The molecule has 1 rings (SSSR count). The number of thiazole rings is 1. The molecule has 0 saturated heterocycles. The minimum Gasteiger partial charge on any atom is -0.444 e. The van der Waals surface area contributed by atoms with E-state index in [0.717, 1.165) is 23.9 Å². The highest BCUT2D eigenvalue weighted by Gasteiger charge is 2.22. The van der Waals surface area contributed by atoms with E-state index in [0.29, 0.717) is 13.1 Å². The number of ether oxygens (including phenoxy) is 1. The fourth-order valence-electron chi connectivity index (χ4n) is 2.07. The van der Waals surface area contributed by atoms with Crippen LogP contribution in [-0.4, -0.2) is 53.7 Å². The molecule has 1 aromatic rings. The SMILES string of the molecule is CCNC(=NCc1ncc(C)s1)NCCC(C)N(C)C(=O)OC(C)(C)C.I. The molecule has 0 saturated carbocycles. The lowest BCUT2D eigenvalue weighted by molar-refractivity contribution is 0.0230. The van der Waals surface area contributed by atoms with E-state index in [1.165, 1.54) is 4.88 Å². The Bertz CT molecular complexity index is 601. The number of nitrogens with zero attached hydrogens (tertiary/aromatic N) is 3. The molecule has 0 spiro atoms. The van der Waals surface area contributed by atoms with Gasteiger partial charge in [-0.15, -0.1) is 35.3 Å². The molecule has 0 aliphatic carbocycles. The number of carbonyl (C=O) groups excluding carboxylic acids is 1. The van der Waals surface area contributed by atoms with Crippen molar-refractivity contribution in [1.29, 1.82) is 0 Å². The molecule has 0 radical (unpaired) electrons. The second-order valence-corrected chi connectivity index (χ2v) is 8.53. The Morgan fingerprint density at radius 1 is 1.41 bits per heavy atom. The van der Waals surface area contributed by atoms with Gasteiger partial charge in [-0.3, -0.25) is 0 Å². The van der Waals surface area contributed by atoms with Crippen molar-refractivity contribution in [3.63, 3.8) is 0 Å². The van der Waals surface area contributed by atoms with E-state index in [9.17, 15) is 4.79 Å². The zero-order valence-electron chi connectivity index (χ0n) is 17.5. The molecular formula is C18H34IN5O2S. The Kier molecular flexibility index (Phi) is 11.9. The van der Waals surface area contributed by atoms with Crippen LogP contribution in [0.15, 0.2) is 11.2 Å². The number of guanidine groups is 1. The topological polar surface area (TPSA) is 78.9 Å². The number of hydrogen-bond acceptors (Lipinski definition) is 5. The number of hydrogen-bond donors (Lipinski definition) is 2. The van der Waals surface area contributed by atoms with Crippen LogP contribution in [0.5, 0.6) is 0 Å². The maximum atomic E-state index is 12.1. The van der Waals surface area contributed by atoms with Gasteiger partial charge in [-0.2, -0.15) is 0 Å². The Hall–Kier alpha value is -1.10. The van der Waals surface area contributed by atoms with Crippen molar-refractivity contribution >= 4 is 47.4 Å². The molecule has 2 N–H and O–H groups in total. The van der Waals surface area contributed by atoms with Gasteiger partial charge in [0.05, 0.1) is 6.54 Å². The normalized spacial score (nSPS) is 12.8. The summed E-state index contributed by atoms with van der Waals surface area (Å²) >= 11 is 1.66. The molecule has 1 heterocycles. The molecule has 1 atom stereocenters. The second-order valence-electron chi connectivity index (χ2n) is 7.22. The third kappa shape index (κ3) is 10.7. The first-order chi connectivity index (χ1) is 12.1. The minimum absolute atomic E-state index is 0. The average Bonchev–Trinajstić information content (AvgIpc) is 2.95. The standard InChI is InChI=1S/C18H33N5O2S.HI/c1-8-19-16(22-12-15-21-11-14(3)26-15)20-10-9-13(2)23(7)17(24)25-18(4,5)6;/h11,13H,8-10,12H2,1-7H3,(H2,19,20,22);1H. The molecule has 0 bridgehead atoms. The van der Waals surface area contributed by atoms with E-state index in [4.69, 9.17) is 4.74 Å². The first-order valence-corrected chi connectivity index (χ1v) is 9.83. The van der Waals surface area contributed by atoms with Crippen LogP contribution < -0.4 is 10.6 Å². The van der Waals surface area contributed by atoms with Gasteiger partial charge in [0.2, 0.25) is 0 Å². The molecule has 0 aliphatic rings. The van der Waals surface area contributed by atoms with Crippen LogP contribution in [0.3, 0.4) is 0 Å². The molecule has 0 fully saturated rings. The summed E-state index contributed by atoms with van der Waals surface area (Å²) < 4.78 is 5.40. The fourth-order valence-corrected chi connectivity index (χ4v) is 2.78. The first-order valence-electron chi connectivity index (χ1n) is 9.01. The lowest BCUT2D eigenvalue weighted by Gasteiger charge is -2.28. The molecule has 27 heavy (non-hydrogen) atoms. The number of aryl methyl sites for hydroxylation is 1. The zero-order chi connectivity index (χ0) is 19.7. The lowest BCUT2D eigenvalue weighted by Crippen LogP contribution is -2.42. The van der Waals surface area contributed by atoms with Crippen molar-refractivity contribution in [3.8, 4) is 0 Å². The molecule has 0 aliphatic heterocycles. The van der Waals surface area contributed by atoms with Crippen LogP contribution >= 0.6 is 35.3 Å². The number of rotatable bonds is 7. The van der Waals surface area contributed by atoms with Crippen molar-refractivity contribution in [2.24, 2.45) is 4.99 Å². The highest BCUT2D eigenvalue weighted by molar-refractivity contribution is 14.0. The van der Waals surface area contributed by atoms with E-state index in [1.54, 1.807) is 23.3 Å². The summed E-state index contributed by atoms with van der Waals surface area (Å²) in [4.78, 5) is 23.8. The van der Waals surface area contributed by atoms with Gasteiger partial charge in [0.1, 0.15) is 10.6 Å². The van der Waals surface area contributed by atoms with Gasteiger partial charge < -0.3 is 20.3 Å². The summed E-state index contributed by atoms with van der Waals surface area (Å²) in [6.07, 6.45) is 2.35. The van der Waals surface area contributed by atoms with Crippen LogP contribution in [-0.2, 0) is 11.3 Å². The van der Waals surface area contributed by atoms with Crippen molar-refractivity contribution in [3.05, 3.63) is 16.1 Å². The van der Waals surface area contributed by atoms with Crippen molar-refractivity contribution in [2.75, 3.05) is 20.1 Å². The van der Waals surface area contributed by atoms with Crippen LogP contribution in [0.4, 0.5) is 4.79 Å². The zero-order valence-corrected chi connectivity index (χ0v) is 20.6. The molecule has 1 unspecified atom stereocenters. The highest BCUT2D eigenvalue weighted by Crippen LogP contribution is 2.12. The van der Waals surface area contributed by atoms with Gasteiger partial charge in [-0.25, -0.2) is 14.8 Å². The monoisotopic (exact) mass is 511 g/mol. The Morgan fingerprint density at radius 3 is 2.59 bits per heavy atom. The molecule has 1 aromatic heterocycles. The third-order valence-corrected chi connectivity index (χ3v) is 4.48. The minimum atomic E-state index is -0.484. The predicted octanol–water partition coefficient (Wildman–Crippen LogP) is 3.77. The van der Waals surface area contributed by atoms with Crippen LogP contribution in [0.1, 0.15) is 50.9 Å². The summed E-state index contributed by atoms with van der Waals surface area (Å²) in [5, 5.41) is 7.53. The lowest BCUT2D eigenvalue weighted by atomic mass is 10.2. The number of aliphatic imine (C=N–C) groups is 1. The van der Waals surface area contributed by atoms with E-state index in [-0.39, 0.29) is 36.1 Å².